The number of aliphatic hydroxyl groups is 1. The largest absolute Gasteiger partial charge is 0.481 e. The maximum absolute atomic E-state index is 12.0. The number of allylic oxidation sites excluding steroid dienone is 2. The second-order valence-electron chi connectivity index (χ2n) is 11.4. The van der Waals surface area contributed by atoms with Crippen molar-refractivity contribution >= 4 is 23.6 Å². The highest BCUT2D eigenvalue weighted by atomic mass is 16.6. The highest BCUT2D eigenvalue weighted by molar-refractivity contribution is 5.96. The molecule has 0 unspecified atom stereocenters. The first kappa shape index (κ1) is 26.2. The number of rotatable bonds is 7. The number of terminal acetylenes is 1. The first-order chi connectivity index (χ1) is 16.9. The molecule has 0 aromatic heterocycles. The summed E-state index contributed by atoms with van der Waals surface area (Å²) in [5, 5.41) is 35.2. The van der Waals surface area contributed by atoms with Gasteiger partial charge in [0.1, 0.15) is 11.6 Å². The molecule has 4 N–H and O–H groups in total. The Morgan fingerprint density at radius 3 is 2.56 bits per heavy atom. The molecule has 4 aliphatic rings. The van der Waals surface area contributed by atoms with Crippen LogP contribution in [0, 0.1) is 40.9 Å². The molecule has 0 aromatic rings. The van der Waals surface area contributed by atoms with Gasteiger partial charge >= 0.3 is 11.9 Å². The van der Waals surface area contributed by atoms with Gasteiger partial charge in [-0.1, -0.05) is 30.5 Å². The van der Waals surface area contributed by atoms with Crippen molar-refractivity contribution < 1.29 is 34.5 Å². The van der Waals surface area contributed by atoms with E-state index in [4.69, 9.17) is 21.5 Å². The van der Waals surface area contributed by atoms with Crippen LogP contribution in [0.4, 0.5) is 0 Å². The Balaban J connectivity index is 1.40. The van der Waals surface area contributed by atoms with Crippen molar-refractivity contribution in [2.24, 2.45) is 33.7 Å². The quantitative estimate of drug-likeness (QED) is 0.311. The number of nitrogens with one attached hydrogen (secondary N) is 1. The molecule has 0 saturated heterocycles. The van der Waals surface area contributed by atoms with Crippen molar-refractivity contribution in [3.05, 3.63) is 11.6 Å². The topological polar surface area (TPSA) is 146 Å². The fourth-order valence-electron chi connectivity index (χ4n) is 7.68. The van der Waals surface area contributed by atoms with Crippen LogP contribution in [0.2, 0.25) is 0 Å². The number of carboxylic acids is 2. The van der Waals surface area contributed by atoms with E-state index < -0.39 is 42.5 Å². The summed E-state index contributed by atoms with van der Waals surface area (Å²) in [5.41, 5.74) is 0.928. The molecule has 196 valence electrons. The summed E-state index contributed by atoms with van der Waals surface area (Å²) >= 11 is 0. The lowest BCUT2D eigenvalue weighted by molar-refractivity contribution is -0.147. The molecular formula is C27H36N2O7. The van der Waals surface area contributed by atoms with Gasteiger partial charge in [-0.15, -0.1) is 6.42 Å². The third-order valence-electron chi connectivity index (χ3n) is 9.76. The third kappa shape index (κ3) is 4.40. The number of carbonyl (C=O) groups excluding carboxylic acids is 1. The van der Waals surface area contributed by atoms with Crippen molar-refractivity contribution in [2.45, 2.75) is 83.3 Å². The molecular weight excluding hydrogens is 464 g/mol. The van der Waals surface area contributed by atoms with Gasteiger partial charge in [-0.3, -0.25) is 9.59 Å². The van der Waals surface area contributed by atoms with Gasteiger partial charge in [0.15, 0.2) is 6.61 Å². The molecule has 0 aromatic carbocycles. The van der Waals surface area contributed by atoms with E-state index in [2.05, 4.69) is 36.3 Å². The number of nitrogens with zero attached hydrogens (tertiary/aromatic N) is 1. The average molecular weight is 501 g/mol. The van der Waals surface area contributed by atoms with Crippen LogP contribution in [0.25, 0.3) is 0 Å². The Bertz CT molecular complexity index is 1050. The summed E-state index contributed by atoms with van der Waals surface area (Å²) < 4.78 is 0. The molecule has 0 bridgehead atoms. The van der Waals surface area contributed by atoms with Crippen molar-refractivity contribution in [1.29, 1.82) is 0 Å². The number of carboxylic acid groups (broad SMARTS) is 2. The van der Waals surface area contributed by atoms with Crippen LogP contribution < -0.4 is 5.32 Å². The molecule has 3 saturated carbocycles. The average Bonchev–Trinajstić information content (AvgIpc) is 3.09. The minimum atomic E-state index is -1.52. The molecule has 9 nitrogen and oxygen atoms in total. The predicted octanol–water partition coefficient (Wildman–Crippen LogP) is 2.73. The summed E-state index contributed by atoms with van der Waals surface area (Å²) in [6.07, 6.45) is 14.4. The Hall–Kier alpha value is -2.86. The third-order valence-corrected chi connectivity index (χ3v) is 9.76. The number of hydrogen-bond donors (Lipinski definition) is 4. The Kier molecular flexibility index (Phi) is 6.95. The second kappa shape index (κ2) is 9.55. The molecule has 4 rings (SSSR count). The molecule has 9 heteroatoms. The van der Waals surface area contributed by atoms with Crippen molar-refractivity contribution in [3.63, 3.8) is 0 Å². The number of amides is 1. The zero-order chi connectivity index (χ0) is 26.3. The van der Waals surface area contributed by atoms with E-state index in [1.165, 1.54) is 5.57 Å². The van der Waals surface area contributed by atoms with Gasteiger partial charge in [-0.05, 0) is 80.6 Å². The Morgan fingerprint density at radius 1 is 1.17 bits per heavy atom. The fraction of sp³-hybridized carbons (Fsp3) is 0.704. The van der Waals surface area contributed by atoms with Crippen LogP contribution in [-0.4, -0.2) is 57.1 Å². The second-order valence-corrected chi connectivity index (χ2v) is 11.4. The van der Waals surface area contributed by atoms with Crippen molar-refractivity contribution in [3.8, 4) is 12.3 Å². The van der Waals surface area contributed by atoms with Crippen LogP contribution in [0.3, 0.4) is 0 Å². The first-order valence-corrected chi connectivity index (χ1v) is 12.8. The summed E-state index contributed by atoms with van der Waals surface area (Å²) in [4.78, 5) is 39.1. The monoisotopic (exact) mass is 500 g/mol. The van der Waals surface area contributed by atoms with Crippen LogP contribution in [-0.2, 0) is 19.2 Å². The van der Waals surface area contributed by atoms with Crippen LogP contribution in [0.15, 0.2) is 16.8 Å². The van der Waals surface area contributed by atoms with Gasteiger partial charge in [0.25, 0.3) is 5.91 Å². The standard InChI is InChI=1S/C27H36N2O7/c1-4-27(35)12-9-20-18-6-5-16-13-17(7-10-25(16,2)19(18)8-11-26(20,27)3)29-36-15-22(30)28-21(24(33)34)14-23(31)32/h1,13,18-21,35H,5-12,14-15H2,2-3H3,(H,28,30)(H,31,32)(H,33,34)/b29-17+/t18-,19+,20-,21-,25+,26+,27-/m1/s1. The normalized spacial score (nSPS) is 39.0. The molecule has 0 heterocycles. The van der Waals surface area contributed by atoms with E-state index in [1.807, 2.05) is 0 Å². The van der Waals surface area contributed by atoms with Crippen LogP contribution in [0.1, 0.15) is 71.6 Å². The lowest BCUT2D eigenvalue weighted by Gasteiger charge is -2.58. The van der Waals surface area contributed by atoms with Crippen molar-refractivity contribution in [1.82, 2.24) is 5.32 Å². The van der Waals surface area contributed by atoms with Gasteiger partial charge in [0, 0.05) is 5.41 Å². The van der Waals surface area contributed by atoms with Gasteiger partial charge in [-0.25, -0.2) is 4.79 Å². The number of hydrogen-bond acceptors (Lipinski definition) is 6. The lowest BCUT2D eigenvalue weighted by atomic mass is 9.46. The van der Waals surface area contributed by atoms with Crippen molar-refractivity contribution in [2.75, 3.05) is 6.61 Å². The number of carbonyl (C=O) groups is 3. The highest BCUT2D eigenvalue weighted by Gasteiger charge is 2.63. The van der Waals surface area contributed by atoms with Gasteiger partial charge < -0.3 is 25.5 Å². The van der Waals surface area contributed by atoms with Gasteiger partial charge in [0.05, 0.1) is 12.1 Å². The van der Waals surface area contributed by atoms with Gasteiger partial charge in [0.2, 0.25) is 0 Å². The fourth-order valence-corrected chi connectivity index (χ4v) is 7.68. The number of oxime groups is 1. The van der Waals surface area contributed by atoms with E-state index >= 15 is 0 Å². The number of fused-ring (bicyclic) bond motifs is 5. The maximum atomic E-state index is 12.0. The van der Waals surface area contributed by atoms with Crippen LogP contribution in [0.5, 0.6) is 0 Å². The minimum absolute atomic E-state index is 0.0586. The predicted molar refractivity (Wildman–Crippen MR) is 131 cm³/mol. The Morgan fingerprint density at radius 2 is 1.89 bits per heavy atom. The lowest BCUT2D eigenvalue weighted by Crippen LogP contribution is -2.54. The van der Waals surface area contributed by atoms with E-state index in [0.29, 0.717) is 30.6 Å². The highest BCUT2D eigenvalue weighted by Crippen LogP contribution is 2.67. The number of aliphatic carboxylic acids is 2. The molecule has 4 aliphatic carbocycles. The van der Waals surface area contributed by atoms with Gasteiger partial charge in [-0.2, -0.15) is 0 Å². The summed E-state index contributed by atoms with van der Waals surface area (Å²) in [6.45, 7) is 4.05. The molecule has 3 fully saturated rings. The van der Waals surface area contributed by atoms with E-state index in [9.17, 15) is 19.5 Å². The summed E-state index contributed by atoms with van der Waals surface area (Å²) in [6, 6.07) is -1.52. The summed E-state index contributed by atoms with van der Waals surface area (Å²) in [7, 11) is 0. The minimum Gasteiger partial charge on any atom is -0.481 e. The molecule has 0 radical (unpaired) electrons. The van der Waals surface area contributed by atoms with E-state index in [-0.39, 0.29) is 10.8 Å². The zero-order valence-electron chi connectivity index (χ0n) is 21.0. The molecule has 0 spiro atoms. The molecule has 36 heavy (non-hydrogen) atoms. The van der Waals surface area contributed by atoms with Crippen LogP contribution >= 0.6 is 0 Å². The molecule has 1 amide bonds. The molecule has 7 atom stereocenters. The smallest absolute Gasteiger partial charge is 0.326 e. The SMILES string of the molecule is C#C[C@@]1(O)CC[C@@H]2[C@@H]3CCC4=C/C(=N/OCC(=O)N[C@H](CC(=O)O)C(=O)O)CC[C@]4(C)[C@H]3CC[C@@]21C. The first-order valence-electron chi connectivity index (χ1n) is 12.8. The summed E-state index contributed by atoms with van der Waals surface area (Å²) in [5.74, 6) is 0.754. The van der Waals surface area contributed by atoms with E-state index in [1.54, 1.807) is 0 Å². The zero-order valence-corrected chi connectivity index (χ0v) is 21.0. The molecule has 0 aliphatic heterocycles. The van der Waals surface area contributed by atoms with E-state index in [0.717, 1.165) is 44.2 Å². The maximum Gasteiger partial charge on any atom is 0.326 e. The Labute approximate surface area is 211 Å².